The Labute approximate surface area is 72.9 Å². The summed E-state index contributed by atoms with van der Waals surface area (Å²) in [5.41, 5.74) is 0. The van der Waals surface area contributed by atoms with Gasteiger partial charge in [0, 0.05) is 0 Å². The lowest BCUT2D eigenvalue weighted by atomic mass is 11.6. The standard InChI is InChI=1S/C3N4S3/c8-1-4-7(5-2-9)6-3-10. The molecule has 0 spiro atoms. The van der Waals surface area contributed by atoms with Crippen molar-refractivity contribution >= 4 is 52.1 Å². The first kappa shape index (κ1) is 9.20. The Morgan fingerprint density at radius 3 is 1.30 bits per heavy atom. The van der Waals surface area contributed by atoms with Gasteiger partial charge in [-0.3, -0.25) is 0 Å². The van der Waals surface area contributed by atoms with Crippen LogP contribution in [0, 0.1) is 0 Å². The minimum Gasteiger partial charge on any atom is -0.0733 e. The van der Waals surface area contributed by atoms with Crippen molar-refractivity contribution in [3.05, 3.63) is 0 Å². The van der Waals surface area contributed by atoms with Gasteiger partial charge >= 0.3 is 0 Å². The summed E-state index contributed by atoms with van der Waals surface area (Å²) < 4.78 is 0. The van der Waals surface area contributed by atoms with Crippen LogP contribution in [0.5, 0.6) is 0 Å². The molecule has 0 N–H and O–H groups in total. The van der Waals surface area contributed by atoms with Crippen molar-refractivity contribution in [3.8, 4) is 0 Å². The van der Waals surface area contributed by atoms with Crippen LogP contribution < -0.4 is 0 Å². The van der Waals surface area contributed by atoms with Crippen LogP contribution in [0.3, 0.4) is 0 Å². The molecule has 4 nitrogen and oxygen atoms in total. The zero-order valence-corrected chi connectivity index (χ0v) is 6.96. The summed E-state index contributed by atoms with van der Waals surface area (Å²) >= 11 is 12.8. The van der Waals surface area contributed by atoms with Crippen molar-refractivity contribution in [1.29, 1.82) is 0 Å². The Morgan fingerprint density at radius 2 is 1.10 bits per heavy atom. The van der Waals surface area contributed by atoms with Gasteiger partial charge in [0.05, 0.1) is 15.5 Å². The number of rotatable bonds is 3. The lowest BCUT2D eigenvalue weighted by Gasteiger charge is -1.93. The lowest BCUT2D eigenvalue weighted by Crippen LogP contribution is -1.97. The molecule has 0 heterocycles. The van der Waals surface area contributed by atoms with E-state index >= 15 is 0 Å². The highest BCUT2D eigenvalue weighted by atomic mass is 32.1. The molecular weight excluding hydrogens is 188 g/mol. The second-order valence-electron chi connectivity index (χ2n) is 0.842. The van der Waals surface area contributed by atoms with E-state index in [1.807, 2.05) is 15.5 Å². The molecule has 7 heteroatoms. The van der Waals surface area contributed by atoms with Gasteiger partial charge < -0.3 is 0 Å². The molecule has 0 radical (unpaired) electrons. The molecule has 0 aromatic carbocycles. The van der Waals surface area contributed by atoms with Crippen molar-refractivity contribution in [3.63, 3.8) is 0 Å². The van der Waals surface area contributed by atoms with E-state index in [1.165, 1.54) is 0 Å². The van der Waals surface area contributed by atoms with Crippen molar-refractivity contribution < 1.29 is 0 Å². The smallest absolute Gasteiger partial charge is 0.0733 e. The third kappa shape index (κ3) is 4.12. The third-order valence-corrected chi connectivity index (χ3v) is 0.636. The van der Waals surface area contributed by atoms with Crippen LogP contribution in [-0.2, 0) is 0 Å². The number of nitrogens with zero attached hydrogens (tertiary/aromatic N) is 4. The Bertz CT molecular complexity index is 200. The van der Waals surface area contributed by atoms with E-state index < -0.39 is 0 Å². The first-order valence-corrected chi connectivity index (χ1v) is 3.11. The zero-order chi connectivity index (χ0) is 7.82. The molecule has 0 rings (SSSR count). The highest BCUT2D eigenvalue weighted by Gasteiger charge is 1.86. The van der Waals surface area contributed by atoms with Gasteiger partial charge in [0.15, 0.2) is 0 Å². The van der Waals surface area contributed by atoms with E-state index in [4.69, 9.17) is 0 Å². The Kier molecular flexibility index (Phi) is 5.82. The van der Waals surface area contributed by atoms with Gasteiger partial charge in [0.2, 0.25) is 0 Å². The fourth-order valence-corrected chi connectivity index (χ4v) is 0.396. The molecule has 0 saturated carbocycles. The first-order valence-electron chi connectivity index (χ1n) is 1.88. The molecule has 0 unspecified atom stereocenters. The van der Waals surface area contributed by atoms with Crippen LogP contribution in [0.2, 0.25) is 0 Å². The number of hydrogen-bond acceptors (Lipinski definition) is 7. The predicted octanol–water partition coefficient (Wildman–Crippen LogP) is 1.34. The van der Waals surface area contributed by atoms with Gasteiger partial charge in [-0.2, -0.15) is 0 Å². The van der Waals surface area contributed by atoms with Crippen LogP contribution >= 0.6 is 36.7 Å². The Hall–Kier alpha value is -0.800. The fourth-order valence-electron chi connectivity index (χ4n) is 0.177. The molecule has 0 aromatic heterocycles. The largest absolute Gasteiger partial charge is 0.0889 e. The first-order chi connectivity index (χ1) is 4.85. The summed E-state index contributed by atoms with van der Waals surface area (Å²) in [4.78, 5) is 0. The summed E-state index contributed by atoms with van der Waals surface area (Å²) in [6, 6.07) is 0. The highest BCUT2D eigenvalue weighted by molar-refractivity contribution is 7.78. The number of hydrazone groups is 3. The summed E-state index contributed by atoms with van der Waals surface area (Å²) in [6.07, 6.45) is 0. The molecule has 0 aromatic rings. The molecule has 0 aliphatic rings. The summed E-state index contributed by atoms with van der Waals surface area (Å²) in [7, 11) is 0. The van der Waals surface area contributed by atoms with Crippen LogP contribution in [0.15, 0.2) is 15.3 Å². The summed E-state index contributed by atoms with van der Waals surface area (Å²) in [5.74, 6) is 0. The van der Waals surface area contributed by atoms with E-state index in [9.17, 15) is 0 Å². The Morgan fingerprint density at radius 1 is 0.800 bits per heavy atom. The summed E-state index contributed by atoms with van der Waals surface area (Å²) in [6.45, 7) is 0. The average molecular weight is 188 g/mol. The molecule has 50 valence electrons. The normalized spacial score (nSPS) is 6.00. The molecule has 0 saturated heterocycles. The molecule has 0 atom stereocenters. The van der Waals surface area contributed by atoms with Gasteiger partial charge in [0.25, 0.3) is 0 Å². The monoisotopic (exact) mass is 188 g/mol. The number of hydrogen-bond donors (Lipinski definition) is 0. The minimum atomic E-state index is 0.771. The van der Waals surface area contributed by atoms with Gasteiger partial charge in [-0.15, -0.1) is 0 Å². The van der Waals surface area contributed by atoms with E-state index in [0.717, 1.165) is 5.23 Å². The van der Waals surface area contributed by atoms with Crippen molar-refractivity contribution in [2.24, 2.45) is 15.3 Å². The SMILES string of the molecule is S=C=NN(N=C=S)N=C=S. The third-order valence-electron chi connectivity index (χ3n) is 0.391. The van der Waals surface area contributed by atoms with Crippen molar-refractivity contribution in [2.75, 3.05) is 0 Å². The van der Waals surface area contributed by atoms with E-state index in [0.29, 0.717) is 0 Å². The molecule has 0 aliphatic heterocycles. The van der Waals surface area contributed by atoms with Crippen LogP contribution in [0.4, 0.5) is 0 Å². The van der Waals surface area contributed by atoms with Crippen LogP contribution in [0.25, 0.3) is 0 Å². The van der Waals surface area contributed by atoms with Crippen LogP contribution in [-0.4, -0.2) is 20.7 Å². The quantitative estimate of drug-likeness (QED) is 0.381. The fraction of sp³-hybridized carbons (Fsp3) is 0. The molecule has 0 fully saturated rings. The van der Waals surface area contributed by atoms with Crippen molar-refractivity contribution in [2.45, 2.75) is 0 Å². The van der Waals surface area contributed by atoms with E-state index in [1.54, 1.807) is 0 Å². The summed E-state index contributed by atoms with van der Waals surface area (Å²) in [5, 5.41) is 16.7. The average Bonchev–Trinajstić information content (AvgIpc) is 1.90. The van der Waals surface area contributed by atoms with E-state index in [2.05, 4.69) is 52.0 Å². The maximum atomic E-state index is 4.25. The number of isothiocyanates is 3. The second-order valence-corrected chi connectivity index (χ2v) is 1.39. The lowest BCUT2D eigenvalue weighted by molar-refractivity contribution is 0.331. The predicted molar refractivity (Wildman–Crippen MR) is 46.9 cm³/mol. The van der Waals surface area contributed by atoms with E-state index in [-0.39, 0.29) is 0 Å². The topological polar surface area (TPSA) is 40.3 Å². The van der Waals surface area contributed by atoms with Gasteiger partial charge in [-0.1, -0.05) is 15.3 Å². The maximum Gasteiger partial charge on any atom is 0.0889 e. The van der Waals surface area contributed by atoms with Gasteiger partial charge in [-0.25, -0.2) is 0 Å². The van der Waals surface area contributed by atoms with Gasteiger partial charge in [-0.05, 0) is 41.9 Å². The highest BCUT2D eigenvalue weighted by Crippen LogP contribution is 1.86. The Balaban J connectivity index is 4.39. The van der Waals surface area contributed by atoms with Gasteiger partial charge in [0.1, 0.15) is 0 Å². The molecular formula is C3N4S3. The number of thiocarbonyl (C=S) groups is 3. The molecule has 0 bridgehead atoms. The van der Waals surface area contributed by atoms with Crippen molar-refractivity contribution in [1.82, 2.24) is 5.23 Å². The molecule has 0 amide bonds. The minimum absolute atomic E-state index is 0.771. The zero-order valence-electron chi connectivity index (χ0n) is 4.51. The molecule has 0 aliphatic carbocycles. The van der Waals surface area contributed by atoms with Crippen LogP contribution in [0.1, 0.15) is 0 Å². The molecule has 10 heavy (non-hydrogen) atoms. The second kappa shape index (κ2) is 6.32. The maximum absolute atomic E-state index is 4.25.